The van der Waals surface area contributed by atoms with Crippen molar-refractivity contribution in [1.29, 1.82) is 0 Å². The Hall–Kier alpha value is -0.530. The van der Waals surface area contributed by atoms with Gasteiger partial charge in [-0.25, -0.2) is 0 Å². The molecule has 0 saturated heterocycles. The molecule has 84 valence electrons. The minimum atomic E-state index is 0.533. The number of hydrogen-bond donors (Lipinski definition) is 1. The van der Waals surface area contributed by atoms with Gasteiger partial charge in [0.1, 0.15) is 0 Å². The molecular formula is C13H20ClN. The van der Waals surface area contributed by atoms with Crippen LogP contribution in [0.5, 0.6) is 0 Å². The third kappa shape index (κ3) is 5.19. The fraction of sp³-hybridized carbons (Fsp3) is 0.538. The Morgan fingerprint density at radius 3 is 2.27 bits per heavy atom. The summed E-state index contributed by atoms with van der Waals surface area (Å²) in [6.07, 6.45) is 2.22. The van der Waals surface area contributed by atoms with E-state index < -0.39 is 0 Å². The van der Waals surface area contributed by atoms with Gasteiger partial charge in [0.15, 0.2) is 0 Å². The molecular weight excluding hydrogens is 206 g/mol. The Labute approximate surface area is 97.8 Å². The standard InChI is InChI=1S/C13H20ClN/c1-11(2)9-13-5-3-12(4-6-13)7-8-15-10-14/h3-6,11,15H,7-10H2,1-2H3. The molecule has 15 heavy (non-hydrogen) atoms. The van der Waals surface area contributed by atoms with Crippen LogP contribution in [0, 0.1) is 5.92 Å². The van der Waals surface area contributed by atoms with Gasteiger partial charge in [0, 0.05) is 6.54 Å². The Balaban J connectivity index is 2.42. The molecule has 1 rings (SSSR count). The van der Waals surface area contributed by atoms with Gasteiger partial charge < -0.3 is 5.32 Å². The van der Waals surface area contributed by atoms with E-state index in [2.05, 4.69) is 43.4 Å². The number of benzene rings is 1. The second-order valence-electron chi connectivity index (χ2n) is 4.30. The molecule has 2 heteroatoms. The zero-order valence-electron chi connectivity index (χ0n) is 9.59. The van der Waals surface area contributed by atoms with Crippen molar-refractivity contribution in [3.8, 4) is 0 Å². The molecule has 0 atom stereocenters. The van der Waals surface area contributed by atoms with Gasteiger partial charge in [-0.15, -0.1) is 11.6 Å². The summed E-state index contributed by atoms with van der Waals surface area (Å²) in [5.41, 5.74) is 2.80. The van der Waals surface area contributed by atoms with Crippen LogP contribution in [0.15, 0.2) is 24.3 Å². The van der Waals surface area contributed by atoms with Gasteiger partial charge in [-0.1, -0.05) is 38.1 Å². The Morgan fingerprint density at radius 2 is 1.73 bits per heavy atom. The van der Waals surface area contributed by atoms with Gasteiger partial charge in [-0.3, -0.25) is 0 Å². The Morgan fingerprint density at radius 1 is 1.13 bits per heavy atom. The minimum Gasteiger partial charge on any atom is -0.304 e. The minimum absolute atomic E-state index is 0.533. The van der Waals surface area contributed by atoms with E-state index in [1.807, 2.05) is 0 Å². The summed E-state index contributed by atoms with van der Waals surface area (Å²) in [5.74, 6) is 0.730. The molecule has 0 bridgehead atoms. The maximum atomic E-state index is 5.54. The van der Waals surface area contributed by atoms with E-state index in [0.29, 0.717) is 6.00 Å². The first kappa shape index (κ1) is 12.5. The lowest BCUT2D eigenvalue weighted by Gasteiger charge is -2.06. The number of rotatable bonds is 6. The quantitative estimate of drug-likeness (QED) is 0.446. The van der Waals surface area contributed by atoms with Crippen LogP contribution in [0.1, 0.15) is 25.0 Å². The molecule has 1 N–H and O–H groups in total. The summed E-state index contributed by atoms with van der Waals surface area (Å²) in [5, 5.41) is 3.11. The summed E-state index contributed by atoms with van der Waals surface area (Å²) < 4.78 is 0. The normalized spacial score (nSPS) is 10.9. The fourth-order valence-electron chi connectivity index (χ4n) is 1.61. The molecule has 0 spiro atoms. The van der Waals surface area contributed by atoms with Crippen molar-refractivity contribution in [2.24, 2.45) is 5.92 Å². The van der Waals surface area contributed by atoms with Crippen LogP contribution in [-0.2, 0) is 12.8 Å². The Kier molecular flexibility index (Phi) is 5.74. The van der Waals surface area contributed by atoms with Crippen molar-refractivity contribution in [3.05, 3.63) is 35.4 Å². The summed E-state index contributed by atoms with van der Waals surface area (Å²) in [4.78, 5) is 0. The number of alkyl halides is 1. The number of hydrogen-bond acceptors (Lipinski definition) is 1. The lowest BCUT2D eigenvalue weighted by Crippen LogP contribution is -2.14. The summed E-state index contributed by atoms with van der Waals surface area (Å²) in [6, 6.07) is 9.43. The molecule has 0 aliphatic heterocycles. The summed E-state index contributed by atoms with van der Waals surface area (Å²) >= 11 is 5.54. The molecule has 0 aromatic heterocycles. The topological polar surface area (TPSA) is 12.0 Å². The highest BCUT2D eigenvalue weighted by molar-refractivity contribution is 6.17. The van der Waals surface area contributed by atoms with Crippen molar-refractivity contribution in [1.82, 2.24) is 5.32 Å². The highest BCUT2D eigenvalue weighted by Crippen LogP contribution is 2.09. The Bertz CT molecular complexity index is 266. The highest BCUT2D eigenvalue weighted by atomic mass is 35.5. The monoisotopic (exact) mass is 225 g/mol. The van der Waals surface area contributed by atoms with Crippen LogP contribution in [0.2, 0.25) is 0 Å². The van der Waals surface area contributed by atoms with Crippen molar-refractivity contribution in [2.45, 2.75) is 26.7 Å². The molecule has 1 aromatic rings. The lowest BCUT2D eigenvalue weighted by molar-refractivity contribution is 0.647. The van der Waals surface area contributed by atoms with Gasteiger partial charge in [0.2, 0.25) is 0 Å². The van der Waals surface area contributed by atoms with Gasteiger partial charge in [0.25, 0.3) is 0 Å². The largest absolute Gasteiger partial charge is 0.304 e. The number of nitrogens with one attached hydrogen (secondary N) is 1. The van der Waals surface area contributed by atoms with E-state index in [0.717, 1.165) is 18.9 Å². The van der Waals surface area contributed by atoms with Crippen molar-refractivity contribution >= 4 is 11.6 Å². The van der Waals surface area contributed by atoms with Crippen LogP contribution in [-0.4, -0.2) is 12.5 Å². The van der Waals surface area contributed by atoms with Crippen LogP contribution in [0.25, 0.3) is 0 Å². The van der Waals surface area contributed by atoms with E-state index in [9.17, 15) is 0 Å². The molecule has 0 heterocycles. The SMILES string of the molecule is CC(C)Cc1ccc(CCNCCl)cc1. The first-order valence-electron chi connectivity index (χ1n) is 5.57. The van der Waals surface area contributed by atoms with E-state index >= 15 is 0 Å². The summed E-state index contributed by atoms with van der Waals surface area (Å²) in [6.45, 7) is 5.45. The number of halogens is 1. The molecule has 0 radical (unpaired) electrons. The van der Waals surface area contributed by atoms with E-state index in [1.165, 1.54) is 17.5 Å². The first-order valence-corrected chi connectivity index (χ1v) is 6.10. The zero-order chi connectivity index (χ0) is 11.1. The van der Waals surface area contributed by atoms with Crippen molar-refractivity contribution in [2.75, 3.05) is 12.5 Å². The van der Waals surface area contributed by atoms with Crippen LogP contribution in [0.3, 0.4) is 0 Å². The van der Waals surface area contributed by atoms with Crippen molar-refractivity contribution in [3.63, 3.8) is 0 Å². The molecule has 1 nitrogen and oxygen atoms in total. The predicted octanol–water partition coefficient (Wildman–Crippen LogP) is 3.21. The molecule has 1 aromatic carbocycles. The third-order valence-electron chi connectivity index (χ3n) is 2.35. The lowest BCUT2D eigenvalue weighted by atomic mass is 10.0. The van der Waals surface area contributed by atoms with Crippen LogP contribution < -0.4 is 5.32 Å². The molecule has 0 aliphatic carbocycles. The highest BCUT2D eigenvalue weighted by Gasteiger charge is 1.98. The third-order valence-corrected chi connectivity index (χ3v) is 2.54. The average molecular weight is 226 g/mol. The van der Waals surface area contributed by atoms with Crippen LogP contribution in [0.4, 0.5) is 0 Å². The van der Waals surface area contributed by atoms with Gasteiger partial charge in [0.05, 0.1) is 6.00 Å². The fourth-order valence-corrected chi connectivity index (χ4v) is 1.75. The van der Waals surface area contributed by atoms with Crippen molar-refractivity contribution < 1.29 is 0 Å². The van der Waals surface area contributed by atoms with E-state index in [1.54, 1.807) is 0 Å². The molecule has 0 saturated carbocycles. The molecule has 0 unspecified atom stereocenters. The second-order valence-corrected chi connectivity index (χ2v) is 4.57. The van der Waals surface area contributed by atoms with Crippen LogP contribution >= 0.6 is 11.6 Å². The molecule has 0 aliphatic rings. The van der Waals surface area contributed by atoms with Gasteiger partial charge >= 0.3 is 0 Å². The maximum Gasteiger partial charge on any atom is 0.0713 e. The van der Waals surface area contributed by atoms with Gasteiger partial charge in [-0.05, 0) is 29.9 Å². The zero-order valence-corrected chi connectivity index (χ0v) is 10.3. The predicted molar refractivity (Wildman–Crippen MR) is 67.4 cm³/mol. The van der Waals surface area contributed by atoms with E-state index in [4.69, 9.17) is 11.6 Å². The maximum absolute atomic E-state index is 5.54. The average Bonchev–Trinajstić information content (AvgIpc) is 2.20. The van der Waals surface area contributed by atoms with E-state index in [-0.39, 0.29) is 0 Å². The first-order chi connectivity index (χ1) is 7.22. The summed E-state index contributed by atoms with van der Waals surface area (Å²) in [7, 11) is 0. The van der Waals surface area contributed by atoms with Gasteiger partial charge in [-0.2, -0.15) is 0 Å². The molecule has 0 amide bonds. The smallest absolute Gasteiger partial charge is 0.0713 e. The molecule has 0 fully saturated rings. The second kappa shape index (κ2) is 6.86.